The maximum Gasteiger partial charge on any atom is 0.114 e. The van der Waals surface area contributed by atoms with Crippen molar-refractivity contribution in [3.63, 3.8) is 0 Å². The normalized spacial score (nSPS) is 9.33. The molecule has 0 amide bonds. The van der Waals surface area contributed by atoms with Crippen LogP contribution >= 0.6 is 0 Å². The van der Waals surface area contributed by atoms with Gasteiger partial charge in [-0.25, -0.2) is 0 Å². The van der Waals surface area contributed by atoms with Crippen LogP contribution in [-0.2, 0) is 6.42 Å². The molecule has 0 bridgehead atoms. The average molecular weight is 154 g/mol. The first-order valence-electron chi connectivity index (χ1n) is 3.90. The standard InChI is InChI=1S/C11H11B/c1-3-6-10-9(4-2)7-5-8-11(10)12/h3-5,7-8H,1-2,6H2. The van der Waals surface area contributed by atoms with E-state index in [4.69, 9.17) is 7.85 Å². The van der Waals surface area contributed by atoms with Crippen molar-refractivity contribution >= 4 is 19.4 Å². The van der Waals surface area contributed by atoms with E-state index in [1.165, 1.54) is 0 Å². The van der Waals surface area contributed by atoms with Crippen LogP contribution in [0.1, 0.15) is 11.1 Å². The summed E-state index contributed by atoms with van der Waals surface area (Å²) in [7, 11) is 5.79. The van der Waals surface area contributed by atoms with Gasteiger partial charge in [0.1, 0.15) is 7.85 Å². The average Bonchev–Trinajstić information content (AvgIpc) is 2.09. The van der Waals surface area contributed by atoms with Crippen molar-refractivity contribution < 1.29 is 0 Å². The Morgan fingerprint density at radius 2 is 2.08 bits per heavy atom. The SMILES string of the molecule is [B]c1cccc(C=C)c1CC=C. The zero-order valence-corrected chi connectivity index (χ0v) is 7.09. The summed E-state index contributed by atoms with van der Waals surface area (Å²) >= 11 is 0. The number of benzene rings is 1. The largest absolute Gasteiger partial charge is 0.114 e. The Balaban J connectivity index is 3.18. The molecule has 0 nitrogen and oxygen atoms in total. The molecule has 0 heterocycles. The van der Waals surface area contributed by atoms with Crippen molar-refractivity contribution in [2.24, 2.45) is 0 Å². The molecule has 0 unspecified atom stereocenters. The van der Waals surface area contributed by atoms with Gasteiger partial charge in [-0.3, -0.25) is 0 Å². The van der Waals surface area contributed by atoms with Crippen molar-refractivity contribution in [3.05, 3.63) is 48.6 Å². The summed E-state index contributed by atoms with van der Waals surface area (Å²) in [5.41, 5.74) is 3.02. The van der Waals surface area contributed by atoms with Gasteiger partial charge in [-0.1, -0.05) is 42.4 Å². The summed E-state index contributed by atoms with van der Waals surface area (Å²) in [4.78, 5) is 0. The molecule has 0 saturated carbocycles. The van der Waals surface area contributed by atoms with E-state index >= 15 is 0 Å². The molecule has 0 saturated heterocycles. The third kappa shape index (κ3) is 1.67. The Morgan fingerprint density at radius 3 is 2.67 bits per heavy atom. The molecule has 0 atom stereocenters. The van der Waals surface area contributed by atoms with E-state index in [-0.39, 0.29) is 0 Å². The molecule has 0 fully saturated rings. The maximum absolute atomic E-state index is 5.79. The zero-order chi connectivity index (χ0) is 8.97. The van der Waals surface area contributed by atoms with Crippen LogP contribution in [-0.4, -0.2) is 7.85 Å². The molecule has 12 heavy (non-hydrogen) atoms. The molecule has 0 N–H and O–H groups in total. The second-order valence-electron chi connectivity index (χ2n) is 2.61. The van der Waals surface area contributed by atoms with Crippen LogP contribution in [0.3, 0.4) is 0 Å². The van der Waals surface area contributed by atoms with Gasteiger partial charge in [0.05, 0.1) is 0 Å². The fourth-order valence-electron chi connectivity index (χ4n) is 1.19. The lowest BCUT2D eigenvalue weighted by molar-refractivity contribution is 1.29. The van der Waals surface area contributed by atoms with Crippen LogP contribution in [0.15, 0.2) is 37.4 Å². The van der Waals surface area contributed by atoms with Crippen molar-refractivity contribution in [1.29, 1.82) is 0 Å². The van der Waals surface area contributed by atoms with Gasteiger partial charge in [-0.05, 0) is 17.5 Å². The van der Waals surface area contributed by atoms with Crippen LogP contribution in [0.5, 0.6) is 0 Å². The second kappa shape index (κ2) is 3.96. The highest BCUT2D eigenvalue weighted by molar-refractivity contribution is 6.33. The molecule has 2 radical (unpaired) electrons. The Labute approximate surface area is 75.0 Å². The molecule has 0 aliphatic rings. The predicted molar refractivity (Wildman–Crippen MR) is 55.8 cm³/mol. The predicted octanol–water partition coefficient (Wildman–Crippen LogP) is 1.85. The summed E-state index contributed by atoms with van der Waals surface area (Å²) < 4.78 is 0. The second-order valence-corrected chi connectivity index (χ2v) is 2.61. The molecule has 58 valence electrons. The molecular formula is C11H11B. The van der Waals surface area contributed by atoms with E-state index in [1.54, 1.807) is 0 Å². The number of hydrogen-bond donors (Lipinski definition) is 0. The van der Waals surface area contributed by atoms with E-state index in [9.17, 15) is 0 Å². The lowest BCUT2D eigenvalue weighted by atomic mass is 9.86. The third-order valence-corrected chi connectivity index (χ3v) is 1.82. The van der Waals surface area contributed by atoms with Gasteiger partial charge in [0.25, 0.3) is 0 Å². The molecule has 1 aromatic carbocycles. The highest BCUT2D eigenvalue weighted by atomic mass is 14.0. The van der Waals surface area contributed by atoms with E-state index < -0.39 is 0 Å². The Bertz CT molecular complexity index is 300. The molecular weight excluding hydrogens is 143 g/mol. The van der Waals surface area contributed by atoms with Gasteiger partial charge in [0, 0.05) is 0 Å². The van der Waals surface area contributed by atoms with Crippen LogP contribution in [0.2, 0.25) is 0 Å². The first kappa shape index (κ1) is 8.86. The molecule has 0 aliphatic carbocycles. The summed E-state index contributed by atoms with van der Waals surface area (Å²) in [6.07, 6.45) is 4.46. The van der Waals surface area contributed by atoms with E-state index in [1.807, 2.05) is 30.4 Å². The van der Waals surface area contributed by atoms with Gasteiger partial charge in [-0.15, -0.1) is 6.58 Å². The minimum Gasteiger partial charge on any atom is -0.103 e. The molecule has 1 aromatic rings. The first-order valence-corrected chi connectivity index (χ1v) is 3.90. The molecule has 0 aromatic heterocycles. The molecule has 1 heteroatoms. The highest BCUT2D eigenvalue weighted by Crippen LogP contribution is 2.08. The van der Waals surface area contributed by atoms with Crippen molar-refractivity contribution in [2.45, 2.75) is 6.42 Å². The van der Waals surface area contributed by atoms with Crippen molar-refractivity contribution in [1.82, 2.24) is 0 Å². The van der Waals surface area contributed by atoms with Crippen LogP contribution in [0, 0.1) is 0 Å². The summed E-state index contributed by atoms with van der Waals surface area (Å²) in [6, 6.07) is 5.83. The van der Waals surface area contributed by atoms with Gasteiger partial charge in [-0.2, -0.15) is 0 Å². The number of allylic oxidation sites excluding steroid dienone is 1. The Hall–Kier alpha value is -1.24. The van der Waals surface area contributed by atoms with Gasteiger partial charge < -0.3 is 0 Å². The topological polar surface area (TPSA) is 0 Å². The van der Waals surface area contributed by atoms with Crippen molar-refractivity contribution in [3.8, 4) is 0 Å². The molecule has 1 rings (SSSR count). The molecule has 0 aliphatic heterocycles. The fraction of sp³-hybridized carbons (Fsp3) is 0.0909. The summed E-state index contributed by atoms with van der Waals surface area (Å²) in [5.74, 6) is 0. The lowest BCUT2D eigenvalue weighted by Gasteiger charge is -2.06. The third-order valence-electron chi connectivity index (χ3n) is 1.82. The lowest BCUT2D eigenvalue weighted by Crippen LogP contribution is -2.10. The molecule has 0 spiro atoms. The van der Waals surface area contributed by atoms with E-state index in [0.717, 1.165) is 23.0 Å². The minimum atomic E-state index is 0.800. The highest BCUT2D eigenvalue weighted by Gasteiger charge is 1.98. The Kier molecular flexibility index (Phi) is 2.92. The summed E-state index contributed by atoms with van der Waals surface area (Å²) in [5, 5.41) is 0. The van der Waals surface area contributed by atoms with E-state index in [2.05, 4.69) is 13.2 Å². The quantitative estimate of drug-likeness (QED) is 0.460. The maximum atomic E-state index is 5.79. The first-order chi connectivity index (χ1) is 5.79. The summed E-state index contributed by atoms with van der Waals surface area (Å²) in [6.45, 7) is 7.41. The fourth-order valence-corrected chi connectivity index (χ4v) is 1.19. The van der Waals surface area contributed by atoms with Crippen molar-refractivity contribution in [2.75, 3.05) is 0 Å². The van der Waals surface area contributed by atoms with E-state index in [0.29, 0.717) is 0 Å². The van der Waals surface area contributed by atoms with Crippen LogP contribution in [0.4, 0.5) is 0 Å². The number of hydrogen-bond acceptors (Lipinski definition) is 0. The smallest absolute Gasteiger partial charge is 0.103 e. The van der Waals surface area contributed by atoms with Crippen LogP contribution < -0.4 is 5.46 Å². The van der Waals surface area contributed by atoms with Gasteiger partial charge in [0.15, 0.2) is 0 Å². The van der Waals surface area contributed by atoms with Crippen LogP contribution in [0.25, 0.3) is 6.08 Å². The van der Waals surface area contributed by atoms with Gasteiger partial charge in [0.2, 0.25) is 0 Å². The number of rotatable bonds is 3. The zero-order valence-electron chi connectivity index (χ0n) is 7.09. The monoisotopic (exact) mass is 154 g/mol. The minimum absolute atomic E-state index is 0.800. The Morgan fingerprint density at radius 1 is 1.33 bits per heavy atom. The van der Waals surface area contributed by atoms with Gasteiger partial charge >= 0.3 is 0 Å².